The van der Waals surface area contributed by atoms with Gasteiger partial charge in [-0.3, -0.25) is 4.79 Å². The molecule has 1 atom stereocenters. The Morgan fingerprint density at radius 3 is 2.57 bits per heavy atom. The molecule has 0 fully saturated rings. The Hall–Kier alpha value is -0.830. The number of unbranched alkanes of at least 4 members (excludes halogenated alkanes) is 1. The van der Waals surface area contributed by atoms with E-state index in [1.54, 1.807) is 7.11 Å². The van der Waals surface area contributed by atoms with E-state index in [1.807, 2.05) is 24.9 Å². The molecule has 0 amide bonds. The van der Waals surface area contributed by atoms with Gasteiger partial charge in [0.05, 0.1) is 0 Å². The van der Waals surface area contributed by atoms with Crippen molar-refractivity contribution in [2.45, 2.75) is 39.3 Å². The number of allylic oxidation sites excluding steroid dienone is 2. The molecule has 0 aromatic heterocycles. The van der Waals surface area contributed by atoms with E-state index >= 15 is 0 Å². The molecular weight excluding hydrogens is 178 g/mol. The van der Waals surface area contributed by atoms with Crippen LogP contribution in [0.15, 0.2) is 11.8 Å². The monoisotopic (exact) mass is 199 g/mol. The van der Waals surface area contributed by atoms with Crippen LogP contribution >= 0.6 is 0 Å². The topological polar surface area (TPSA) is 29.5 Å². The Bertz CT molecular complexity index is 190. The fraction of sp³-hybridized carbons (Fsp3) is 0.727. The van der Waals surface area contributed by atoms with Crippen LogP contribution in [0.1, 0.15) is 33.1 Å². The van der Waals surface area contributed by atoms with Gasteiger partial charge in [-0.25, -0.2) is 0 Å². The molecule has 0 rings (SSSR count). The average Bonchev–Trinajstić information content (AvgIpc) is 2.21. The molecule has 0 N–H and O–H groups in total. The Balaban J connectivity index is 4.29. The average molecular weight is 199 g/mol. The maximum Gasteiger partial charge on any atom is 0.185 e. The highest BCUT2D eigenvalue weighted by Gasteiger charge is 2.13. The van der Waals surface area contributed by atoms with Crippen LogP contribution in [-0.2, 0) is 9.53 Å². The lowest BCUT2D eigenvalue weighted by Crippen LogP contribution is -2.33. The number of carbonyl (C=O) groups is 1. The molecule has 0 heterocycles. The van der Waals surface area contributed by atoms with Crippen molar-refractivity contribution in [3.05, 3.63) is 11.8 Å². The first-order valence-electron chi connectivity index (χ1n) is 5.07. The minimum Gasteiger partial charge on any atom is -0.355 e. The molecule has 0 saturated carbocycles. The molecular formula is C11H21NO2. The van der Waals surface area contributed by atoms with E-state index in [4.69, 9.17) is 4.74 Å². The normalized spacial score (nSPS) is 13.9. The largest absolute Gasteiger partial charge is 0.355 e. The van der Waals surface area contributed by atoms with E-state index in [9.17, 15) is 4.79 Å². The van der Waals surface area contributed by atoms with Gasteiger partial charge in [-0.2, -0.15) is 0 Å². The number of hydrogen-bond donors (Lipinski definition) is 0. The second kappa shape index (κ2) is 7.56. The van der Waals surface area contributed by atoms with Gasteiger partial charge in [0.25, 0.3) is 0 Å². The van der Waals surface area contributed by atoms with Crippen molar-refractivity contribution in [2.24, 2.45) is 0 Å². The van der Waals surface area contributed by atoms with Crippen LogP contribution in [0.2, 0.25) is 0 Å². The molecule has 0 aromatic rings. The molecule has 0 aliphatic rings. The maximum atomic E-state index is 10.7. The molecule has 0 saturated heterocycles. The van der Waals surface area contributed by atoms with Crippen molar-refractivity contribution in [1.82, 2.24) is 4.90 Å². The first-order valence-corrected chi connectivity index (χ1v) is 5.07. The molecule has 0 aliphatic carbocycles. The van der Waals surface area contributed by atoms with Gasteiger partial charge < -0.3 is 9.64 Å². The lowest BCUT2D eigenvalue weighted by molar-refractivity contribution is -0.124. The molecule has 0 spiro atoms. The van der Waals surface area contributed by atoms with Crippen LogP contribution < -0.4 is 0 Å². The summed E-state index contributed by atoms with van der Waals surface area (Å²) < 4.78 is 5.04. The smallest absolute Gasteiger partial charge is 0.185 e. The van der Waals surface area contributed by atoms with Crippen LogP contribution in [0.25, 0.3) is 0 Å². The van der Waals surface area contributed by atoms with E-state index in [1.165, 1.54) is 0 Å². The SMILES string of the molecule is C/C=C(\CCCC)N(C)C(C=O)OC. The van der Waals surface area contributed by atoms with Crippen LogP contribution in [-0.4, -0.2) is 31.6 Å². The fourth-order valence-corrected chi connectivity index (χ4v) is 1.35. The second-order valence-electron chi connectivity index (χ2n) is 3.26. The predicted octanol–water partition coefficient (Wildman–Crippen LogP) is 2.18. The number of methoxy groups -OCH3 is 1. The van der Waals surface area contributed by atoms with E-state index in [2.05, 4.69) is 6.92 Å². The Morgan fingerprint density at radius 1 is 1.57 bits per heavy atom. The number of likely N-dealkylation sites (N-methyl/N-ethyl adjacent to an activating group) is 1. The van der Waals surface area contributed by atoms with Gasteiger partial charge in [0.2, 0.25) is 0 Å². The van der Waals surface area contributed by atoms with Gasteiger partial charge in [-0.15, -0.1) is 0 Å². The van der Waals surface area contributed by atoms with Gasteiger partial charge in [0, 0.05) is 19.9 Å². The first-order chi connectivity index (χ1) is 6.71. The van der Waals surface area contributed by atoms with Crippen LogP contribution in [0.5, 0.6) is 0 Å². The molecule has 0 radical (unpaired) electrons. The zero-order valence-corrected chi connectivity index (χ0v) is 9.62. The third-order valence-electron chi connectivity index (χ3n) is 2.31. The third-order valence-corrected chi connectivity index (χ3v) is 2.31. The first kappa shape index (κ1) is 13.2. The minimum absolute atomic E-state index is 0.460. The zero-order chi connectivity index (χ0) is 11.0. The third kappa shape index (κ3) is 3.92. The summed E-state index contributed by atoms with van der Waals surface area (Å²) in [6.07, 6.45) is 5.68. The number of aldehydes is 1. The molecule has 0 bridgehead atoms. The van der Waals surface area contributed by atoms with Crippen LogP contribution in [0.4, 0.5) is 0 Å². The summed E-state index contributed by atoms with van der Waals surface area (Å²) in [6.45, 7) is 4.14. The Kier molecular flexibility index (Phi) is 7.11. The quantitative estimate of drug-likeness (QED) is 0.465. The molecule has 3 heteroatoms. The summed E-state index contributed by atoms with van der Waals surface area (Å²) in [7, 11) is 3.43. The van der Waals surface area contributed by atoms with Crippen molar-refractivity contribution < 1.29 is 9.53 Å². The van der Waals surface area contributed by atoms with Crippen molar-refractivity contribution in [2.75, 3.05) is 14.2 Å². The maximum absolute atomic E-state index is 10.7. The number of nitrogens with zero attached hydrogens (tertiary/aromatic N) is 1. The Morgan fingerprint density at radius 2 is 2.21 bits per heavy atom. The summed E-state index contributed by atoms with van der Waals surface area (Å²) in [4.78, 5) is 12.6. The van der Waals surface area contributed by atoms with Gasteiger partial charge in [0.15, 0.2) is 12.5 Å². The van der Waals surface area contributed by atoms with Gasteiger partial charge in [-0.1, -0.05) is 19.4 Å². The second-order valence-corrected chi connectivity index (χ2v) is 3.26. The van der Waals surface area contributed by atoms with E-state index in [0.29, 0.717) is 0 Å². The standard InChI is InChI=1S/C11H21NO2/c1-5-7-8-10(6-2)12(3)11(9-13)14-4/h6,9,11H,5,7-8H2,1-4H3/b10-6+. The van der Waals surface area contributed by atoms with Crippen LogP contribution in [0, 0.1) is 0 Å². The highest BCUT2D eigenvalue weighted by molar-refractivity contribution is 5.55. The minimum atomic E-state index is -0.460. The number of hydrogen-bond acceptors (Lipinski definition) is 3. The highest BCUT2D eigenvalue weighted by atomic mass is 16.5. The summed E-state index contributed by atoms with van der Waals surface area (Å²) >= 11 is 0. The van der Waals surface area contributed by atoms with Gasteiger partial charge in [0.1, 0.15) is 0 Å². The van der Waals surface area contributed by atoms with E-state index in [0.717, 1.165) is 31.2 Å². The van der Waals surface area contributed by atoms with Crippen molar-refractivity contribution in [1.29, 1.82) is 0 Å². The van der Waals surface area contributed by atoms with Gasteiger partial charge >= 0.3 is 0 Å². The van der Waals surface area contributed by atoms with E-state index < -0.39 is 6.23 Å². The number of ether oxygens (including phenoxy) is 1. The zero-order valence-electron chi connectivity index (χ0n) is 9.62. The van der Waals surface area contributed by atoms with Gasteiger partial charge in [-0.05, 0) is 19.8 Å². The lowest BCUT2D eigenvalue weighted by atomic mass is 10.2. The molecule has 0 aromatic carbocycles. The molecule has 3 nitrogen and oxygen atoms in total. The van der Waals surface area contributed by atoms with Crippen molar-refractivity contribution in [3.63, 3.8) is 0 Å². The van der Waals surface area contributed by atoms with Crippen molar-refractivity contribution >= 4 is 6.29 Å². The molecule has 14 heavy (non-hydrogen) atoms. The van der Waals surface area contributed by atoms with Crippen molar-refractivity contribution in [3.8, 4) is 0 Å². The predicted molar refractivity (Wildman–Crippen MR) is 57.9 cm³/mol. The summed E-state index contributed by atoms with van der Waals surface area (Å²) in [6, 6.07) is 0. The van der Waals surface area contributed by atoms with Crippen LogP contribution in [0.3, 0.4) is 0 Å². The fourth-order valence-electron chi connectivity index (χ4n) is 1.35. The molecule has 1 unspecified atom stereocenters. The summed E-state index contributed by atoms with van der Waals surface area (Å²) in [5.41, 5.74) is 1.16. The number of carbonyl (C=O) groups excluding carboxylic acids is 1. The molecule has 82 valence electrons. The molecule has 0 aliphatic heterocycles. The number of rotatable bonds is 7. The summed E-state index contributed by atoms with van der Waals surface area (Å²) in [5.74, 6) is 0. The lowest BCUT2D eigenvalue weighted by Gasteiger charge is -2.27. The highest BCUT2D eigenvalue weighted by Crippen LogP contribution is 2.13. The Labute approximate surface area is 86.7 Å². The van der Waals surface area contributed by atoms with E-state index in [-0.39, 0.29) is 0 Å². The summed E-state index contributed by atoms with van der Waals surface area (Å²) in [5, 5.41) is 0.